The van der Waals surface area contributed by atoms with E-state index in [2.05, 4.69) is 22.0 Å². The van der Waals surface area contributed by atoms with Crippen LogP contribution in [0, 0.1) is 12.8 Å². The maximum absolute atomic E-state index is 12.8. The Morgan fingerprint density at radius 1 is 1.18 bits per heavy atom. The van der Waals surface area contributed by atoms with Gasteiger partial charge < -0.3 is 15.2 Å². The molecule has 1 saturated carbocycles. The van der Waals surface area contributed by atoms with Gasteiger partial charge in [-0.2, -0.15) is 4.98 Å². The van der Waals surface area contributed by atoms with Crippen LogP contribution in [0.5, 0.6) is 0 Å². The van der Waals surface area contributed by atoms with Gasteiger partial charge in [-0.1, -0.05) is 41.4 Å². The average molecular weight is 383 g/mol. The number of carbonyl (C=O) groups excluding carboxylic acids is 1. The summed E-state index contributed by atoms with van der Waals surface area (Å²) in [5.41, 5.74) is 8.21. The van der Waals surface area contributed by atoms with Gasteiger partial charge in [0.05, 0.1) is 6.54 Å². The summed E-state index contributed by atoms with van der Waals surface area (Å²) >= 11 is 0. The third-order valence-corrected chi connectivity index (χ3v) is 5.88. The first-order chi connectivity index (χ1) is 13.6. The molecule has 1 aliphatic carbocycles. The van der Waals surface area contributed by atoms with Gasteiger partial charge in [0.15, 0.2) is 0 Å². The second-order valence-electron chi connectivity index (χ2n) is 8.10. The molecule has 0 bridgehead atoms. The third-order valence-electron chi connectivity index (χ3n) is 5.88. The van der Waals surface area contributed by atoms with Gasteiger partial charge in [-0.05, 0) is 26.2 Å². The molecule has 7 nitrogen and oxygen atoms in total. The van der Waals surface area contributed by atoms with Gasteiger partial charge in [0.2, 0.25) is 17.6 Å². The summed E-state index contributed by atoms with van der Waals surface area (Å²) in [6.45, 7) is 5.83. The molecule has 2 unspecified atom stereocenters. The number of nitrogens with two attached hydrogens (primary N) is 1. The molecular formula is C21H29N5O2. The topological polar surface area (TPSA) is 88.5 Å². The van der Waals surface area contributed by atoms with Crippen LogP contribution in [0.4, 0.5) is 0 Å². The lowest BCUT2D eigenvalue weighted by Gasteiger charge is -2.37. The molecule has 2 atom stereocenters. The van der Waals surface area contributed by atoms with E-state index in [4.69, 9.17) is 10.3 Å². The van der Waals surface area contributed by atoms with Crippen molar-refractivity contribution in [3.63, 3.8) is 0 Å². The first-order valence-corrected chi connectivity index (χ1v) is 10.2. The first-order valence-electron chi connectivity index (χ1n) is 10.2. The van der Waals surface area contributed by atoms with Gasteiger partial charge in [0.1, 0.15) is 0 Å². The number of rotatable bonds is 4. The quantitative estimate of drug-likeness (QED) is 0.871. The van der Waals surface area contributed by atoms with Gasteiger partial charge in [0, 0.05) is 43.7 Å². The van der Waals surface area contributed by atoms with E-state index in [1.54, 1.807) is 0 Å². The van der Waals surface area contributed by atoms with E-state index >= 15 is 0 Å². The van der Waals surface area contributed by atoms with Crippen molar-refractivity contribution in [2.45, 2.75) is 45.2 Å². The highest BCUT2D eigenvalue weighted by atomic mass is 16.5. The molecular weight excluding hydrogens is 354 g/mol. The second-order valence-corrected chi connectivity index (χ2v) is 8.10. The summed E-state index contributed by atoms with van der Waals surface area (Å²) in [6, 6.07) is 8.28. The lowest BCUT2D eigenvalue weighted by molar-refractivity contribution is -0.138. The molecule has 1 amide bonds. The van der Waals surface area contributed by atoms with Crippen LogP contribution in [0.25, 0.3) is 11.4 Å². The van der Waals surface area contributed by atoms with E-state index in [0.717, 1.165) is 57.4 Å². The molecule has 4 rings (SSSR count). The lowest BCUT2D eigenvalue weighted by Crippen LogP contribution is -2.51. The van der Waals surface area contributed by atoms with Crippen molar-refractivity contribution >= 4 is 5.91 Å². The summed E-state index contributed by atoms with van der Waals surface area (Å²) in [7, 11) is 0. The number of benzene rings is 1. The lowest BCUT2D eigenvalue weighted by atomic mass is 9.85. The molecule has 1 aromatic carbocycles. The maximum Gasteiger partial charge on any atom is 0.241 e. The molecule has 1 aliphatic heterocycles. The monoisotopic (exact) mass is 383 g/mol. The summed E-state index contributed by atoms with van der Waals surface area (Å²) < 4.78 is 5.44. The van der Waals surface area contributed by atoms with Crippen molar-refractivity contribution in [2.75, 3.05) is 26.2 Å². The molecule has 28 heavy (non-hydrogen) atoms. The van der Waals surface area contributed by atoms with Crippen LogP contribution < -0.4 is 5.73 Å². The number of aromatic nitrogens is 2. The third kappa shape index (κ3) is 4.42. The van der Waals surface area contributed by atoms with Crippen LogP contribution in [0.15, 0.2) is 28.8 Å². The zero-order chi connectivity index (χ0) is 19.5. The fraction of sp³-hybridized carbons (Fsp3) is 0.571. The Hall–Kier alpha value is -2.25. The molecule has 7 heteroatoms. The largest absolute Gasteiger partial charge is 0.340 e. The molecule has 2 fully saturated rings. The van der Waals surface area contributed by atoms with Crippen molar-refractivity contribution in [1.82, 2.24) is 19.9 Å². The van der Waals surface area contributed by atoms with Crippen molar-refractivity contribution < 1.29 is 9.32 Å². The Morgan fingerprint density at radius 2 is 1.93 bits per heavy atom. The molecule has 2 N–H and O–H groups in total. The fourth-order valence-electron chi connectivity index (χ4n) is 4.17. The second kappa shape index (κ2) is 8.41. The van der Waals surface area contributed by atoms with Crippen molar-refractivity contribution in [3.05, 3.63) is 35.7 Å². The molecule has 1 aromatic heterocycles. The molecule has 0 spiro atoms. The summed E-state index contributed by atoms with van der Waals surface area (Å²) in [4.78, 5) is 21.6. The molecule has 2 aliphatic rings. The number of amides is 1. The fourth-order valence-corrected chi connectivity index (χ4v) is 4.17. The number of piperazine rings is 1. The highest BCUT2D eigenvalue weighted by Gasteiger charge is 2.31. The Bertz CT molecular complexity index is 795. The molecule has 2 heterocycles. The van der Waals surface area contributed by atoms with Crippen LogP contribution in [0.1, 0.15) is 37.1 Å². The number of nitrogens with zero attached hydrogens (tertiary/aromatic N) is 4. The van der Waals surface area contributed by atoms with E-state index in [1.165, 1.54) is 5.56 Å². The van der Waals surface area contributed by atoms with Gasteiger partial charge in [-0.3, -0.25) is 9.69 Å². The van der Waals surface area contributed by atoms with Crippen LogP contribution in [0.3, 0.4) is 0 Å². The van der Waals surface area contributed by atoms with Gasteiger partial charge in [0.25, 0.3) is 0 Å². The molecule has 150 valence electrons. The highest BCUT2D eigenvalue weighted by molar-refractivity contribution is 5.79. The summed E-state index contributed by atoms with van der Waals surface area (Å²) in [5.74, 6) is 1.64. The smallest absolute Gasteiger partial charge is 0.241 e. The van der Waals surface area contributed by atoms with Crippen LogP contribution >= 0.6 is 0 Å². The number of hydrogen-bond donors (Lipinski definition) is 1. The predicted molar refractivity (Wildman–Crippen MR) is 106 cm³/mol. The standard InChI is InChI=1S/C21H29N5O2/c1-15-5-7-16(8-6-15)20-23-19(28-24-20)14-25-9-11-26(12-10-25)21(27)17-3-2-4-18(22)13-17/h5-8,17-18H,2-4,9-14,22H2,1H3. The molecule has 1 saturated heterocycles. The summed E-state index contributed by atoms with van der Waals surface area (Å²) in [5, 5.41) is 4.10. The van der Waals surface area contributed by atoms with E-state index in [1.807, 2.05) is 29.2 Å². The Balaban J connectivity index is 1.29. The highest BCUT2D eigenvalue weighted by Crippen LogP contribution is 2.25. The van der Waals surface area contributed by atoms with E-state index in [-0.39, 0.29) is 17.9 Å². The number of carbonyl (C=O) groups is 1. The van der Waals surface area contributed by atoms with Crippen LogP contribution in [-0.4, -0.2) is 58.1 Å². The van der Waals surface area contributed by atoms with Gasteiger partial charge >= 0.3 is 0 Å². The Morgan fingerprint density at radius 3 is 2.64 bits per heavy atom. The van der Waals surface area contributed by atoms with Crippen LogP contribution in [0.2, 0.25) is 0 Å². The zero-order valence-corrected chi connectivity index (χ0v) is 16.5. The zero-order valence-electron chi connectivity index (χ0n) is 16.5. The van der Waals surface area contributed by atoms with Crippen molar-refractivity contribution in [3.8, 4) is 11.4 Å². The van der Waals surface area contributed by atoms with Crippen molar-refractivity contribution in [1.29, 1.82) is 0 Å². The van der Waals surface area contributed by atoms with Crippen LogP contribution in [-0.2, 0) is 11.3 Å². The molecule has 2 aromatic rings. The Kier molecular flexibility index (Phi) is 5.73. The Labute approximate surface area is 165 Å². The minimum atomic E-state index is 0.114. The minimum Gasteiger partial charge on any atom is -0.340 e. The normalized spacial score (nSPS) is 23.7. The maximum atomic E-state index is 12.8. The van der Waals surface area contributed by atoms with Crippen molar-refractivity contribution in [2.24, 2.45) is 11.7 Å². The van der Waals surface area contributed by atoms with E-state index in [9.17, 15) is 4.79 Å². The van der Waals surface area contributed by atoms with E-state index in [0.29, 0.717) is 18.3 Å². The first kappa shape index (κ1) is 19.1. The SMILES string of the molecule is Cc1ccc(-c2noc(CN3CCN(C(=O)C4CCCC(N)C4)CC3)n2)cc1. The number of hydrogen-bond acceptors (Lipinski definition) is 6. The minimum absolute atomic E-state index is 0.114. The predicted octanol–water partition coefficient (Wildman–Crippen LogP) is 2.21. The van der Waals surface area contributed by atoms with Gasteiger partial charge in [-0.25, -0.2) is 0 Å². The van der Waals surface area contributed by atoms with Gasteiger partial charge in [-0.15, -0.1) is 0 Å². The van der Waals surface area contributed by atoms with E-state index < -0.39 is 0 Å². The average Bonchev–Trinajstić information content (AvgIpc) is 3.17. The summed E-state index contributed by atoms with van der Waals surface area (Å²) in [6.07, 6.45) is 3.93. The number of aryl methyl sites for hydroxylation is 1. The molecule has 0 radical (unpaired) electrons.